The highest BCUT2D eigenvalue weighted by atomic mass is 19.4. The van der Waals surface area contributed by atoms with Gasteiger partial charge in [0.15, 0.2) is 6.61 Å². The van der Waals surface area contributed by atoms with Gasteiger partial charge in [0.1, 0.15) is 11.6 Å². The van der Waals surface area contributed by atoms with Crippen molar-refractivity contribution in [2.45, 2.75) is 25.1 Å². The summed E-state index contributed by atoms with van der Waals surface area (Å²) in [5.74, 6) is -5.31. The second-order valence-electron chi connectivity index (χ2n) is 6.54. The van der Waals surface area contributed by atoms with E-state index in [2.05, 4.69) is 15.0 Å². The number of aromatic amines is 1. The van der Waals surface area contributed by atoms with E-state index in [4.69, 9.17) is 0 Å². The molecule has 29 heavy (non-hydrogen) atoms. The molecule has 0 aliphatic heterocycles. The lowest BCUT2D eigenvalue weighted by Gasteiger charge is -2.20. The molecular formula is C20H18F6N2O. The molecule has 0 aliphatic carbocycles. The summed E-state index contributed by atoms with van der Waals surface area (Å²) < 4.78 is 80.8. The molecule has 0 spiro atoms. The van der Waals surface area contributed by atoms with Gasteiger partial charge in [-0.25, -0.2) is 4.39 Å². The number of aromatic nitrogens is 1. The fourth-order valence-corrected chi connectivity index (χ4v) is 2.84. The maximum Gasteiger partial charge on any atom is 0.456 e. The van der Waals surface area contributed by atoms with Crippen molar-refractivity contribution < 1.29 is 31.1 Å². The normalized spacial score (nSPS) is 12.5. The zero-order valence-electron chi connectivity index (χ0n) is 15.1. The van der Waals surface area contributed by atoms with E-state index in [-0.39, 0.29) is 11.6 Å². The number of benzene rings is 2. The van der Waals surface area contributed by atoms with Crippen LogP contribution in [0.25, 0.3) is 10.9 Å². The first-order valence-electron chi connectivity index (χ1n) is 8.79. The number of ether oxygens (including phenoxy) is 1. The molecule has 9 heteroatoms. The van der Waals surface area contributed by atoms with Crippen LogP contribution in [0.1, 0.15) is 11.1 Å². The molecule has 1 heterocycles. The largest absolute Gasteiger partial charge is 0.487 e. The van der Waals surface area contributed by atoms with Gasteiger partial charge in [-0.05, 0) is 42.3 Å². The maximum atomic E-state index is 13.7. The first-order valence-corrected chi connectivity index (χ1v) is 8.79. The predicted octanol–water partition coefficient (Wildman–Crippen LogP) is 5.22. The second kappa shape index (κ2) is 8.36. The lowest BCUT2D eigenvalue weighted by molar-refractivity contribution is -0.290. The third kappa shape index (κ3) is 5.03. The summed E-state index contributed by atoms with van der Waals surface area (Å²) in [6.07, 6.45) is -3.29. The van der Waals surface area contributed by atoms with E-state index in [0.717, 1.165) is 10.9 Å². The quantitative estimate of drug-likeness (QED) is 0.391. The van der Waals surface area contributed by atoms with E-state index in [1.165, 1.54) is 24.3 Å². The van der Waals surface area contributed by atoms with E-state index < -0.39 is 18.7 Å². The number of hydrogen-bond acceptors (Lipinski definition) is 2. The van der Waals surface area contributed by atoms with Crippen LogP contribution in [0, 0.1) is 5.82 Å². The molecule has 0 aliphatic rings. The SMILES string of the molecule is Fc1cccc2c(CCNCc3cccc(OCC(F)(F)C(F)(F)F)c3)c[nH]c12. The standard InChI is InChI=1S/C20H18F6N2O/c21-17-6-2-5-16-14(11-28-18(16)17)7-8-27-10-13-3-1-4-15(9-13)29-12-19(22,23)20(24,25)26/h1-6,9,11,27-28H,7-8,10,12H2. The zero-order chi connectivity index (χ0) is 21.1. The Balaban J connectivity index is 1.51. The van der Waals surface area contributed by atoms with Crippen molar-refractivity contribution in [2.75, 3.05) is 13.2 Å². The number of halogens is 6. The average Bonchev–Trinajstić information content (AvgIpc) is 3.08. The first kappa shape index (κ1) is 21.0. The molecule has 0 bridgehead atoms. The fraction of sp³-hybridized carbons (Fsp3) is 0.300. The summed E-state index contributed by atoms with van der Waals surface area (Å²) in [5.41, 5.74) is 2.06. The van der Waals surface area contributed by atoms with E-state index in [0.29, 0.717) is 30.6 Å². The van der Waals surface area contributed by atoms with Crippen LogP contribution >= 0.6 is 0 Å². The van der Waals surface area contributed by atoms with Crippen molar-refractivity contribution in [3.05, 3.63) is 65.6 Å². The van der Waals surface area contributed by atoms with Gasteiger partial charge >= 0.3 is 12.1 Å². The molecule has 0 amide bonds. The molecule has 0 saturated carbocycles. The molecule has 2 aromatic carbocycles. The molecule has 3 aromatic rings. The van der Waals surface area contributed by atoms with Gasteiger partial charge in [-0.2, -0.15) is 22.0 Å². The number of hydrogen-bond donors (Lipinski definition) is 2. The summed E-state index contributed by atoms with van der Waals surface area (Å²) in [6.45, 7) is -0.852. The van der Waals surface area contributed by atoms with Gasteiger partial charge in [-0.1, -0.05) is 24.3 Å². The monoisotopic (exact) mass is 416 g/mol. The van der Waals surface area contributed by atoms with Crippen molar-refractivity contribution in [1.29, 1.82) is 0 Å². The second-order valence-corrected chi connectivity index (χ2v) is 6.54. The number of fused-ring (bicyclic) bond motifs is 1. The van der Waals surface area contributed by atoms with Crippen molar-refractivity contribution in [2.24, 2.45) is 0 Å². The van der Waals surface area contributed by atoms with Gasteiger partial charge < -0.3 is 15.0 Å². The Morgan fingerprint density at radius 1 is 1.00 bits per heavy atom. The molecule has 156 valence electrons. The van der Waals surface area contributed by atoms with E-state index in [1.54, 1.807) is 18.3 Å². The van der Waals surface area contributed by atoms with Crippen molar-refractivity contribution in [3.8, 4) is 5.75 Å². The van der Waals surface area contributed by atoms with Crippen molar-refractivity contribution in [1.82, 2.24) is 10.3 Å². The highest BCUT2D eigenvalue weighted by Gasteiger charge is 2.58. The number of para-hydroxylation sites is 1. The van der Waals surface area contributed by atoms with Crippen molar-refractivity contribution >= 4 is 10.9 Å². The van der Waals surface area contributed by atoms with Crippen LogP contribution in [0.4, 0.5) is 26.3 Å². The molecular weight excluding hydrogens is 398 g/mol. The van der Waals surface area contributed by atoms with Gasteiger partial charge in [-0.3, -0.25) is 0 Å². The lowest BCUT2D eigenvalue weighted by atomic mass is 10.1. The molecule has 1 aromatic heterocycles. The van der Waals surface area contributed by atoms with Crippen LogP contribution in [0.2, 0.25) is 0 Å². The summed E-state index contributed by atoms with van der Waals surface area (Å²) >= 11 is 0. The summed E-state index contributed by atoms with van der Waals surface area (Å²) in [5, 5.41) is 3.95. The molecule has 0 fully saturated rings. The van der Waals surface area contributed by atoms with Crippen LogP contribution in [-0.2, 0) is 13.0 Å². The Morgan fingerprint density at radius 3 is 2.52 bits per heavy atom. The highest BCUT2D eigenvalue weighted by Crippen LogP contribution is 2.35. The minimum atomic E-state index is -5.66. The average molecular weight is 416 g/mol. The molecule has 0 radical (unpaired) electrons. The van der Waals surface area contributed by atoms with Crippen LogP contribution < -0.4 is 10.1 Å². The van der Waals surface area contributed by atoms with E-state index >= 15 is 0 Å². The molecule has 3 rings (SSSR count). The topological polar surface area (TPSA) is 37.0 Å². The van der Waals surface area contributed by atoms with Gasteiger partial charge in [-0.15, -0.1) is 0 Å². The Labute approximate surface area is 162 Å². The molecule has 2 N–H and O–H groups in total. The summed E-state index contributed by atoms with van der Waals surface area (Å²) in [7, 11) is 0. The van der Waals surface area contributed by atoms with Gasteiger partial charge in [0, 0.05) is 18.1 Å². The van der Waals surface area contributed by atoms with Crippen LogP contribution in [0.5, 0.6) is 5.75 Å². The third-order valence-electron chi connectivity index (χ3n) is 4.38. The van der Waals surface area contributed by atoms with Crippen LogP contribution in [0.3, 0.4) is 0 Å². The molecule has 0 atom stereocenters. The first-order chi connectivity index (χ1) is 13.7. The number of nitrogens with one attached hydrogen (secondary N) is 2. The Bertz CT molecular complexity index is 967. The van der Waals surface area contributed by atoms with Gasteiger partial charge in [0.05, 0.1) is 5.52 Å². The van der Waals surface area contributed by atoms with Gasteiger partial charge in [0.2, 0.25) is 0 Å². The summed E-state index contributed by atoms with van der Waals surface area (Å²) in [4.78, 5) is 2.90. The molecule has 0 saturated heterocycles. The maximum absolute atomic E-state index is 13.7. The van der Waals surface area contributed by atoms with E-state index in [9.17, 15) is 26.3 Å². The lowest BCUT2D eigenvalue weighted by Crippen LogP contribution is -2.41. The van der Waals surface area contributed by atoms with Crippen LogP contribution in [-0.4, -0.2) is 30.2 Å². The minimum Gasteiger partial charge on any atom is -0.487 e. The fourth-order valence-electron chi connectivity index (χ4n) is 2.84. The minimum absolute atomic E-state index is 0.0691. The van der Waals surface area contributed by atoms with Crippen molar-refractivity contribution in [3.63, 3.8) is 0 Å². The highest BCUT2D eigenvalue weighted by molar-refractivity contribution is 5.83. The van der Waals surface area contributed by atoms with Gasteiger partial charge in [0.25, 0.3) is 0 Å². The molecule has 0 unspecified atom stereocenters. The zero-order valence-corrected chi connectivity index (χ0v) is 15.1. The number of rotatable bonds is 8. The Morgan fingerprint density at radius 2 is 1.76 bits per heavy atom. The smallest absolute Gasteiger partial charge is 0.456 e. The number of H-pyrrole nitrogens is 1. The Hall–Kier alpha value is -2.68. The number of alkyl halides is 5. The predicted molar refractivity (Wildman–Crippen MR) is 96.6 cm³/mol. The third-order valence-corrected chi connectivity index (χ3v) is 4.38. The molecule has 3 nitrogen and oxygen atoms in total. The van der Waals surface area contributed by atoms with Crippen LogP contribution in [0.15, 0.2) is 48.7 Å². The Kier molecular flexibility index (Phi) is 6.07. The van der Waals surface area contributed by atoms with E-state index in [1.807, 2.05) is 6.07 Å². The summed E-state index contributed by atoms with van der Waals surface area (Å²) in [6, 6.07) is 10.8.